The van der Waals surface area contributed by atoms with Crippen molar-refractivity contribution >= 4 is 23.2 Å². The summed E-state index contributed by atoms with van der Waals surface area (Å²) in [6.07, 6.45) is 0.362. The minimum Gasteiger partial charge on any atom is -0.339 e. The number of anilines is 1. The largest absolute Gasteiger partial charge is 0.339 e. The molecule has 0 aliphatic rings. The molecular weight excluding hydrogens is 345 g/mol. The Morgan fingerprint density at radius 3 is 2.76 bits per heavy atom. The van der Waals surface area contributed by atoms with Crippen molar-refractivity contribution in [2.45, 2.75) is 19.8 Å². The van der Waals surface area contributed by atoms with Crippen LogP contribution in [0.3, 0.4) is 0 Å². The van der Waals surface area contributed by atoms with E-state index in [1.54, 1.807) is 24.3 Å². The van der Waals surface area contributed by atoms with Gasteiger partial charge in [-0.05, 0) is 42.3 Å². The van der Waals surface area contributed by atoms with Gasteiger partial charge in [-0.25, -0.2) is 4.39 Å². The van der Waals surface area contributed by atoms with E-state index in [1.165, 1.54) is 12.1 Å². The molecule has 0 aliphatic carbocycles. The Morgan fingerprint density at radius 1 is 1.24 bits per heavy atom. The van der Waals surface area contributed by atoms with Gasteiger partial charge in [0.1, 0.15) is 5.82 Å². The van der Waals surface area contributed by atoms with Gasteiger partial charge in [0.2, 0.25) is 11.8 Å². The number of nitrogens with zero attached hydrogens (tertiary/aromatic N) is 2. The maximum atomic E-state index is 12.9. The van der Waals surface area contributed by atoms with Crippen molar-refractivity contribution in [1.82, 2.24) is 10.1 Å². The average molecular weight is 360 g/mol. The van der Waals surface area contributed by atoms with Crippen molar-refractivity contribution in [3.05, 3.63) is 76.1 Å². The molecule has 0 unspecified atom stereocenters. The van der Waals surface area contributed by atoms with E-state index in [0.717, 1.165) is 11.1 Å². The smallest absolute Gasteiger partial charge is 0.232 e. The lowest BCUT2D eigenvalue weighted by Gasteiger charge is -2.07. The van der Waals surface area contributed by atoms with Crippen LogP contribution >= 0.6 is 11.6 Å². The Kier molecular flexibility index (Phi) is 5.09. The summed E-state index contributed by atoms with van der Waals surface area (Å²) >= 11 is 5.94. The van der Waals surface area contributed by atoms with Gasteiger partial charge in [0.25, 0.3) is 0 Å². The normalized spacial score (nSPS) is 10.7. The molecule has 1 amide bonds. The third-order valence-corrected chi connectivity index (χ3v) is 3.81. The maximum Gasteiger partial charge on any atom is 0.232 e. The monoisotopic (exact) mass is 359 g/mol. The number of nitrogens with one attached hydrogen (secondary N) is 1. The highest BCUT2D eigenvalue weighted by Gasteiger charge is 2.13. The van der Waals surface area contributed by atoms with Crippen molar-refractivity contribution in [3.8, 4) is 0 Å². The fourth-order valence-electron chi connectivity index (χ4n) is 2.28. The van der Waals surface area contributed by atoms with Gasteiger partial charge in [-0.15, -0.1) is 0 Å². The Bertz CT molecular complexity index is 894. The Morgan fingerprint density at radius 2 is 2.00 bits per heavy atom. The molecule has 1 aromatic heterocycles. The van der Waals surface area contributed by atoms with Crippen molar-refractivity contribution < 1.29 is 13.7 Å². The molecule has 0 aliphatic heterocycles. The lowest BCUT2D eigenvalue weighted by atomic mass is 10.1. The summed E-state index contributed by atoms with van der Waals surface area (Å²) in [6, 6.07) is 11.3. The van der Waals surface area contributed by atoms with E-state index < -0.39 is 0 Å². The molecule has 0 saturated heterocycles. The molecule has 7 heteroatoms. The van der Waals surface area contributed by atoms with Crippen LogP contribution in [-0.4, -0.2) is 16.0 Å². The van der Waals surface area contributed by atoms with Crippen LogP contribution in [0, 0.1) is 12.7 Å². The highest BCUT2D eigenvalue weighted by atomic mass is 35.5. The standard InChI is InChI=1S/C18H15ClFN3O2/c1-11-2-5-13(19)9-15(11)21-17(24)10-16-22-18(25-23-16)8-12-3-6-14(20)7-4-12/h2-7,9H,8,10H2,1H3,(H,21,24). The van der Waals surface area contributed by atoms with Crippen LogP contribution < -0.4 is 5.32 Å². The summed E-state index contributed by atoms with van der Waals surface area (Å²) in [4.78, 5) is 16.3. The number of carbonyl (C=O) groups excluding carboxylic acids is 1. The van der Waals surface area contributed by atoms with Crippen LogP contribution in [0.2, 0.25) is 5.02 Å². The maximum absolute atomic E-state index is 12.9. The van der Waals surface area contributed by atoms with Gasteiger partial charge in [-0.1, -0.05) is 35.0 Å². The highest BCUT2D eigenvalue weighted by Crippen LogP contribution is 2.20. The topological polar surface area (TPSA) is 68.0 Å². The van der Waals surface area contributed by atoms with Gasteiger partial charge in [0, 0.05) is 10.7 Å². The zero-order chi connectivity index (χ0) is 17.8. The molecule has 3 rings (SSSR count). The molecule has 0 fully saturated rings. The molecular formula is C18H15ClFN3O2. The van der Waals surface area contributed by atoms with Crippen molar-refractivity contribution in [2.24, 2.45) is 0 Å². The first-order chi connectivity index (χ1) is 12.0. The zero-order valence-electron chi connectivity index (χ0n) is 13.4. The van der Waals surface area contributed by atoms with E-state index in [2.05, 4.69) is 15.5 Å². The SMILES string of the molecule is Cc1ccc(Cl)cc1NC(=O)Cc1noc(Cc2ccc(F)cc2)n1. The second-order valence-corrected chi connectivity index (χ2v) is 6.03. The van der Waals surface area contributed by atoms with Crippen LogP contribution in [0.4, 0.5) is 10.1 Å². The van der Waals surface area contributed by atoms with Gasteiger partial charge < -0.3 is 9.84 Å². The fraction of sp³-hybridized carbons (Fsp3) is 0.167. The van der Waals surface area contributed by atoms with Gasteiger partial charge in [-0.2, -0.15) is 4.98 Å². The average Bonchev–Trinajstić information content (AvgIpc) is 3.00. The van der Waals surface area contributed by atoms with Crippen LogP contribution in [0.15, 0.2) is 47.0 Å². The van der Waals surface area contributed by atoms with Crippen LogP contribution in [-0.2, 0) is 17.6 Å². The minimum atomic E-state index is -0.303. The summed E-state index contributed by atoms with van der Waals surface area (Å²) in [5, 5.41) is 7.13. The molecule has 0 atom stereocenters. The number of aryl methyl sites for hydroxylation is 1. The summed E-state index contributed by atoms with van der Waals surface area (Å²) < 4.78 is 18.0. The lowest BCUT2D eigenvalue weighted by molar-refractivity contribution is -0.115. The first kappa shape index (κ1) is 17.1. The fourth-order valence-corrected chi connectivity index (χ4v) is 2.45. The van der Waals surface area contributed by atoms with E-state index in [1.807, 2.05) is 13.0 Å². The number of halogens is 2. The van der Waals surface area contributed by atoms with E-state index in [9.17, 15) is 9.18 Å². The third-order valence-electron chi connectivity index (χ3n) is 3.57. The number of amides is 1. The van der Waals surface area contributed by atoms with Crippen molar-refractivity contribution in [3.63, 3.8) is 0 Å². The molecule has 0 spiro atoms. The summed E-state index contributed by atoms with van der Waals surface area (Å²) in [7, 11) is 0. The van der Waals surface area contributed by atoms with Crippen molar-refractivity contribution in [1.29, 1.82) is 0 Å². The quantitative estimate of drug-likeness (QED) is 0.749. The minimum absolute atomic E-state index is 0.0150. The first-order valence-electron chi connectivity index (χ1n) is 7.61. The van der Waals surface area contributed by atoms with Gasteiger partial charge in [0.05, 0.1) is 12.8 Å². The number of hydrogen-bond donors (Lipinski definition) is 1. The molecule has 128 valence electrons. The molecule has 5 nitrogen and oxygen atoms in total. The van der Waals surface area contributed by atoms with E-state index in [4.69, 9.17) is 16.1 Å². The molecule has 25 heavy (non-hydrogen) atoms. The van der Waals surface area contributed by atoms with E-state index in [0.29, 0.717) is 23.0 Å². The number of rotatable bonds is 5. The van der Waals surface area contributed by atoms with Crippen molar-refractivity contribution in [2.75, 3.05) is 5.32 Å². The third kappa shape index (κ3) is 4.64. The summed E-state index contributed by atoms with van der Waals surface area (Å²) in [5.41, 5.74) is 2.39. The second kappa shape index (κ2) is 7.44. The van der Waals surface area contributed by atoms with Gasteiger partial charge >= 0.3 is 0 Å². The lowest BCUT2D eigenvalue weighted by Crippen LogP contribution is -2.16. The molecule has 0 saturated carbocycles. The Balaban J connectivity index is 1.61. The summed E-state index contributed by atoms with van der Waals surface area (Å²) in [6.45, 7) is 1.88. The van der Waals surface area contributed by atoms with Crippen LogP contribution in [0.5, 0.6) is 0 Å². The van der Waals surface area contributed by atoms with Crippen LogP contribution in [0.1, 0.15) is 22.8 Å². The van der Waals surface area contributed by atoms with Gasteiger partial charge in [0.15, 0.2) is 5.82 Å². The number of hydrogen-bond acceptors (Lipinski definition) is 4. The van der Waals surface area contributed by atoms with E-state index in [-0.39, 0.29) is 24.0 Å². The molecule has 1 N–H and O–H groups in total. The second-order valence-electron chi connectivity index (χ2n) is 5.59. The molecule has 1 heterocycles. The number of aromatic nitrogens is 2. The Hall–Kier alpha value is -2.73. The number of carbonyl (C=O) groups is 1. The molecule has 3 aromatic rings. The number of benzene rings is 2. The molecule has 0 bridgehead atoms. The van der Waals surface area contributed by atoms with E-state index >= 15 is 0 Å². The van der Waals surface area contributed by atoms with Crippen LogP contribution in [0.25, 0.3) is 0 Å². The summed E-state index contributed by atoms with van der Waals surface area (Å²) in [5.74, 6) is 0.0880. The Labute approximate surface area is 148 Å². The molecule has 2 aromatic carbocycles. The first-order valence-corrected chi connectivity index (χ1v) is 7.99. The molecule has 0 radical (unpaired) electrons. The zero-order valence-corrected chi connectivity index (χ0v) is 14.2. The highest BCUT2D eigenvalue weighted by molar-refractivity contribution is 6.31. The van der Waals surface area contributed by atoms with Gasteiger partial charge in [-0.3, -0.25) is 4.79 Å². The predicted molar refractivity (Wildman–Crippen MR) is 92.0 cm³/mol. The predicted octanol–water partition coefficient (Wildman–Crippen LogP) is 3.94.